The van der Waals surface area contributed by atoms with Crippen molar-refractivity contribution in [1.82, 2.24) is 10.2 Å². The summed E-state index contributed by atoms with van der Waals surface area (Å²) in [6.07, 6.45) is 4.34. The lowest BCUT2D eigenvalue weighted by atomic mass is 9.63. The number of rotatable bonds is 4. The molecule has 1 atom stereocenters. The number of ether oxygens (including phenoxy) is 1. The molecule has 28 heavy (non-hydrogen) atoms. The Balaban J connectivity index is 1.37. The minimum Gasteiger partial charge on any atom is -0.445 e. The lowest BCUT2D eigenvalue weighted by Crippen LogP contribution is -2.52. The highest BCUT2D eigenvalue weighted by atomic mass is 16.6. The van der Waals surface area contributed by atoms with Crippen LogP contribution in [0.3, 0.4) is 0 Å². The van der Waals surface area contributed by atoms with Gasteiger partial charge in [0.05, 0.1) is 0 Å². The number of benzene rings is 2. The third-order valence-corrected chi connectivity index (χ3v) is 6.51. The molecule has 1 N–H and O–H groups in total. The molecule has 2 aromatic carbocycles. The molecule has 2 aliphatic heterocycles. The Hall–Kier alpha value is -2.33. The maximum Gasteiger partial charge on any atom is 0.410 e. The average molecular weight is 379 g/mol. The summed E-state index contributed by atoms with van der Waals surface area (Å²) >= 11 is 0. The molecule has 4 nitrogen and oxygen atoms in total. The van der Waals surface area contributed by atoms with Crippen LogP contribution >= 0.6 is 0 Å². The Bertz CT molecular complexity index is 749. The summed E-state index contributed by atoms with van der Waals surface area (Å²) in [5, 5.41) is 3.64. The first-order valence-electron chi connectivity index (χ1n) is 10.5. The molecule has 0 bridgehead atoms. The van der Waals surface area contributed by atoms with Gasteiger partial charge in [0.25, 0.3) is 0 Å². The molecule has 2 aromatic rings. The molecular weight excluding hydrogens is 348 g/mol. The third-order valence-electron chi connectivity index (χ3n) is 6.51. The lowest BCUT2D eigenvalue weighted by Gasteiger charge is -2.47. The smallest absolute Gasteiger partial charge is 0.410 e. The Labute approximate surface area is 167 Å². The van der Waals surface area contributed by atoms with Gasteiger partial charge >= 0.3 is 6.09 Å². The van der Waals surface area contributed by atoms with E-state index in [0.29, 0.717) is 12.5 Å². The Morgan fingerprint density at radius 1 is 1.04 bits per heavy atom. The number of nitrogens with zero attached hydrogens (tertiary/aromatic N) is 1. The highest BCUT2D eigenvalue weighted by molar-refractivity contribution is 5.67. The summed E-state index contributed by atoms with van der Waals surface area (Å²) < 4.78 is 5.53. The lowest BCUT2D eigenvalue weighted by molar-refractivity contribution is 0.0660. The van der Waals surface area contributed by atoms with Gasteiger partial charge in [0, 0.05) is 25.0 Å². The average Bonchev–Trinajstić information content (AvgIpc) is 2.79. The van der Waals surface area contributed by atoms with Crippen LogP contribution in [0.15, 0.2) is 60.7 Å². The second-order valence-corrected chi connectivity index (χ2v) is 8.10. The van der Waals surface area contributed by atoms with Crippen molar-refractivity contribution in [1.29, 1.82) is 0 Å². The number of hydrogen-bond donors (Lipinski definition) is 1. The summed E-state index contributed by atoms with van der Waals surface area (Å²) in [6.45, 7) is 4.07. The number of likely N-dealkylation sites (tertiary alicyclic amines) is 1. The van der Waals surface area contributed by atoms with Crippen LogP contribution in [0.1, 0.15) is 36.8 Å². The van der Waals surface area contributed by atoms with Crippen molar-refractivity contribution in [3.05, 3.63) is 71.8 Å². The fourth-order valence-electron chi connectivity index (χ4n) is 4.95. The van der Waals surface area contributed by atoms with E-state index in [1.807, 2.05) is 35.2 Å². The number of piperidine rings is 2. The molecule has 0 spiro atoms. The minimum atomic E-state index is -0.183. The fraction of sp³-hybridized carbons (Fsp3) is 0.458. The first kappa shape index (κ1) is 19.0. The van der Waals surface area contributed by atoms with E-state index in [2.05, 4.69) is 35.6 Å². The number of nitrogens with one attached hydrogen (secondary N) is 1. The van der Waals surface area contributed by atoms with E-state index in [1.165, 1.54) is 18.4 Å². The molecule has 4 heteroatoms. The monoisotopic (exact) mass is 378 g/mol. The highest BCUT2D eigenvalue weighted by Gasteiger charge is 2.42. The van der Waals surface area contributed by atoms with Gasteiger partial charge in [0.1, 0.15) is 6.61 Å². The summed E-state index contributed by atoms with van der Waals surface area (Å²) in [6, 6.07) is 20.9. The minimum absolute atomic E-state index is 0.183. The van der Waals surface area contributed by atoms with E-state index in [4.69, 9.17) is 4.74 Å². The fourth-order valence-corrected chi connectivity index (χ4v) is 4.95. The van der Waals surface area contributed by atoms with Gasteiger partial charge in [-0.05, 0) is 49.3 Å². The first-order chi connectivity index (χ1) is 13.8. The van der Waals surface area contributed by atoms with Gasteiger partial charge in [-0.15, -0.1) is 0 Å². The van der Waals surface area contributed by atoms with Crippen LogP contribution in [0.25, 0.3) is 0 Å². The molecule has 148 valence electrons. The van der Waals surface area contributed by atoms with Gasteiger partial charge < -0.3 is 15.0 Å². The zero-order valence-electron chi connectivity index (χ0n) is 16.5. The van der Waals surface area contributed by atoms with Crippen molar-refractivity contribution in [2.24, 2.45) is 5.92 Å². The second kappa shape index (κ2) is 8.78. The van der Waals surface area contributed by atoms with Gasteiger partial charge in [-0.3, -0.25) is 0 Å². The number of carbonyl (C=O) groups is 1. The Kier molecular flexibility index (Phi) is 5.96. The van der Waals surface area contributed by atoms with E-state index < -0.39 is 0 Å². The number of hydrogen-bond acceptors (Lipinski definition) is 3. The van der Waals surface area contributed by atoms with E-state index >= 15 is 0 Å². The standard InChI is InChI=1S/C24H30N2O2/c27-23(28-18-20-8-3-1-4-9-20)26-16-12-22(13-17-26)24(14-7-15-25-19-24)21-10-5-2-6-11-21/h1-6,8-11,22,25H,7,12-19H2. The molecule has 0 aliphatic carbocycles. The van der Waals surface area contributed by atoms with Gasteiger partial charge in [-0.25, -0.2) is 4.79 Å². The first-order valence-corrected chi connectivity index (χ1v) is 10.5. The molecule has 1 unspecified atom stereocenters. The quantitative estimate of drug-likeness (QED) is 0.860. The topological polar surface area (TPSA) is 41.6 Å². The summed E-state index contributed by atoms with van der Waals surface area (Å²) in [4.78, 5) is 14.4. The van der Waals surface area contributed by atoms with E-state index in [-0.39, 0.29) is 11.5 Å². The molecule has 2 saturated heterocycles. The van der Waals surface area contributed by atoms with Crippen LogP contribution in [-0.4, -0.2) is 37.2 Å². The molecule has 2 fully saturated rings. The predicted molar refractivity (Wildman–Crippen MR) is 111 cm³/mol. The SMILES string of the molecule is O=C(OCc1ccccc1)N1CCC(C2(c3ccccc3)CCCNC2)CC1. The van der Waals surface area contributed by atoms with Crippen molar-refractivity contribution < 1.29 is 9.53 Å². The van der Waals surface area contributed by atoms with Crippen LogP contribution in [0.4, 0.5) is 4.79 Å². The molecular formula is C24H30N2O2. The molecule has 2 aliphatic rings. The predicted octanol–water partition coefficient (Wildman–Crippen LogP) is 4.36. The van der Waals surface area contributed by atoms with E-state index in [9.17, 15) is 4.79 Å². The maximum absolute atomic E-state index is 12.5. The van der Waals surface area contributed by atoms with Crippen LogP contribution in [-0.2, 0) is 16.8 Å². The highest BCUT2D eigenvalue weighted by Crippen LogP contribution is 2.43. The molecule has 4 rings (SSSR count). The number of amides is 1. The van der Waals surface area contributed by atoms with Gasteiger partial charge in [-0.2, -0.15) is 0 Å². The molecule has 1 amide bonds. The Morgan fingerprint density at radius 3 is 2.36 bits per heavy atom. The van der Waals surface area contributed by atoms with Crippen molar-refractivity contribution in [3.63, 3.8) is 0 Å². The zero-order valence-corrected chi connectivity index (χ0v) is 16.5. The van der Waals surface area contributed by atoms with Crippen LogP contribution in [0.5, 0.6) is 0 Å². The Morgan fingerprint density at radius 2 is 1.71 bits per heavy atom. The normalized spacial score (nSPS) is 23.4. The summed E-state index contributed by atoms with van der Waals surface area (Å²) in [7, 11) is 0. The van der Waals surface area contributed by atoms with Gasteiger partial charge in [0.15, 0.2) is 0 Å². The maximum atomic E-state index is 12.5. The molecule has 0 radical (unpaired) electrons. The van der Waals surface area contributed by atoms with E-state index in [1.54, 1.807) is 0 Å². The second-order valence-electron chi connectivity index (χ2n) is 8.10. The summed E-state index contributed by atoms with van der Waals surface area (Å²) in [5.41, 5.74) is 2.67. The van der Waals surface area contributed by atoms with Gasteiger partial charge in [-0.1, -0.05) is 60.7 Å². The number of carbonyl (C=O) groups excluding carboxylic acids is 1. The third kappa shape index (κ3) is 4.07. The zero-order chi connectivity index (χ0) is 19.2. The van der Waals surface area contributed by atoms with Crippen molar-refractivity contribution >= 4 is 6.09 Å². The summed E-state index contributed by atoms with van der Waals surface area (Å²) in [5.74, 6) is 0.598. The van der Waals surface area contributed by atoms with Gasteiger partial charge in [0.2, 0.25) is 0 Å². The molecule has 2 heterocycles. The van der Waals surface area contributed by atoms with Crippen LogP contribution in [0.2, 0.25) is 0 Å². The van der Waals surface area contributed by atoms with E-state index in [0.717, 1.165) is 44.6 Å². The molecule has 0 saturated carbocycles. The van der Waals surface area contributed by atoms with Crippen molar-refractivity contribution in [3.8, 4) is 0 Å². The van der Waals surface area contributed by atoms with Crippen molar-refractivity contribution in [2.45, 2.75) is 37.7 Å². The largest absolute Gasteiger partial charge is 0.445 e. The molecule has 0 aromatic heterocycles. The van der Waals surface area contributed by atoms with Crippen molar-refractivity contribution in [2.75, 3.05) is 26.2 Å². The van der Waals surface area contributed by atoms with Crippen LogP contribution in [0, 0.1) is 5.92 Å². The van der Waals surface area contributed by atoms with Crippen LogP contribution < -0.4 is 5.32 Å².